The summed E-state index contributed by atoms with van der Waals surface area (Å²) >= 11 is 0. The Morgan fingerprint density at radius 2 is 2.00 bits per heavy atom. The highest BCUT2D eigenvalue weighted by Crippen LogP contribution is 2.20. The van der Waals surface area contributed by atoms with E-state index in [2.05, 4.69) is 10.3 Å². The number of amides is 1. The maximum absolute atomic E-state index is 12.0. The van der Waals surface area contributed by atoms with E-state index in [1.165, 1.54) is 19.3 Å². The Labute approximate surface area is 143 Å². The van der Waals surface area contributed by atoms with Crippen LogP contribution >= 0.6 is 0 Å². The molecule has 0 unspecified atom stereocenters. The van der Waals surface area contributed by atoms with E-state index in [4.69, 9.17) is 13.6 Å². The highest BCUT2D eigenvalue weighted by molar-refractivity contribution is 5.94. The van der Waals surface area contributed by atoms with Crippen LogP contribution in [0, 0.1) is 0 Å². The van der Waals surface area contributed by atoms with E-state index in [0.717, 1.165) is 5.56 Å². The van der Waals surface area contributed by atoms with Crippen LogP contribution in [0.25, 0.3) is 11.3 Å². The van der Waals surface area contributed by atoms with Crippen LogP contribution in [0.5, 0.6) is 0 Å². The van der Waals surface area contributed by atoms with Crippen LogP contribution in [-0.4, -0.2) is 22.9 Å². The van der Waals surface area contributed by atoms with Crippen LogP contribution < -0.4 is 5.32 Å². The molecule has 0 saturated heterocycles. The third kappa shape index (κ3) is 4.14. The van der Waals surface area contributed by atoms with Crippen molar-refractivity contribution in [2.75, 3.05) is 0 Å². The molecule has 1 amide bonds. The number of ether oxygens (including phenoxy) is 1. The topological polar surface area (TPSA) is 94.6 Å². The Hall–Kier alpha value is -3.35. The van der Waals surface area contributed by atoms with E-state index in [1.54, 1.807) is 12.3 Å². The zero-order chi connectivity index (χ0) is 17.6. The van der Waals surface area contributed by atoms with Crippen LogP contribution in [0.2, 0.25) is 0 Å². The highest BCUT2D eigenvalue weighted by Gasteiger charge is 2.20. The summed E-state index contributed by atoms with van der Waals surface area (Å²) in [4.78, 5) is 27.9. The lowest BCUT2D eigenvalue weighted by Crippen LogP contribution is -2.39. The zero-order valence-electron chi connectivity index (χ0n) is 13.5. The largest absolute Gasteiger partial charge is 0.459 e. The molecule has 0 radical (unpaired) electrons. The molecule has 0 saturated carbocycles. The van der Waals surface area contributed by atoms with E-state index in [0.29, 0.717) is 5.76 Å². The van der Waals surface area contributed by atoms with E-state index in [1.807, 2.05) is 30.3 Å². The van der Waals surface area contributed by atoms with Crippen molar-refractivity contribution in [3.05, 3.63) is 66.6 Å². The van der Waals surface area contributed by atoms with Crippen LogP contribution in [-0.2, 0) is 16.1 Å². The molecule has 0 fully saturated rings. The van der Waals surface area contributed by atoms with E-state index >= 15 is 0 Å². The van der Waals surface area contributed by atoms with Crippen LogP contribution in [0.4, 0.5) is 0 Å². The lowest BCUT2D eigenvalue weighted by atomic mass is 10.2. The number of hydrogen-bond acceptors (Lipinski definition) is 6. The van der Waals surface area contributed by atoms with Gasteiger partial charge in [0.15, 0.2) is 18.1 Å². The van der Waals surface area contributed by atoms with E-state index < -0.39 is 17.9 Å². The number of furan rings is 1. The first-order chi connectivity index (χ1) is 12.1. The van der Waals surface area contributed by atoms with Crippen LogP contribution in [0.15, 0.2) is 63.8 Å². The minimum atomic E-state index is -0.832. The fourth-order valence-electron chi connectivity index (χ4n) is 2.11. The first-order valence-electron chi connectivity index (χ1n) is 7.64. The number of hydrogen-bond donors (Lipinski definition) is 1. The van der Waals surface area contributed by atoms with Gasteiger partial charge in [0.2, 0.25) is 5.89 Å². The smallest absolute Gasteiger partial charge is 0.328 e. The van der Waals surface area contributed by atoms with Gasteiger partial charge in [0.25, 0.3) is 5.91 Å². The average Bonchev–Trinajstić information content (AvgIpc) is 3.32. The van der Waals surface area contributed by atoms with Gasteiger partial charge in [-0.2, -0.15) is 0 Å². The lowest BCUT2D eigenvalue weighted by Gasteiger charge is -2.11. The van der Waals surface area contributed by atoms with Crippen LogP contribution in [0.3, 0.4) is 0 Å². The molecule has 7 nitrogen and oxygen atoms in total. The molecule has 2 aromatic heterocycles. The predicted octanol–water partition coefficient (Wildman–Crippen LogP) is 2.80. The van der Waals surface area contributed by atoms with Gasteiger partial charge in [0, 0.05) is 5.56 Å². The van der Waals surface area contributed by atoms with Crippen molar-refractivity contribution in [3.8, 4) is 11.3 Å². The molecule has 7 heteroatoms. The Kier molecular flexibility index (Phi) is 4.94. The summed E-state index contributed by atoms with van der Waals surface area (Å²) in [6, 6.07) is 11.7. The molecule has 0 aliphatic rings. The molecule has 25 heavy (non-hydrogen) atoms. The second-order valence-corrected chi connectivity index (χ2v) is 5.26. The number of carbonyl (C=O) groups excluding carboxylic acids is 2. The van der Waals surface area contributed by atoms with Crippen molar-refractivity contribution in [2.45, 2.75) is 19.6 Å². The summed E-state index contributed by atoms with van der Waals surface area (Å²) in [6.07, 6.45) is 2.95. The lowest BCUT2D eigenvalue weighted by molar-refractivity contribution is -0.147. The highest BCUT2D eigenvalue weighted by atomic mass is 16.5. The Morgan fingerprint density at radius 3 is 2.72 bits per heavy atom. The van der Waals surface area contributed by atoms with Gasteiger partial charge in [-0.25, -0.2) is 9.78 Å². The van der Waals surface area contributed by atoms with Gasteiger partial charge in [0.05, 0.1) is 12.5 Å². The van der Waals surface area contributed by atoms with E-state index in [9.17, 15) is 9.59 Å². The van der Waals surface area contributed by atoms with Gasteiger partial charge in [-0.1, -0.05) is 30.3 Å². The predicted molar refractivity (Wildman–Crippen MR) is 87.4 cm³/mol. The summed E-state index contributed by atoms with van der Waals surface area (Å²) in [5, 5.41) is 2.49. The number of esters is 1. The standard InChI is InChI=1S/C18H16N2O5/c1-12(20-17(21)14-8-5-9-23-14)18(22)24-11-16-19-10-15(25-16)13-6-3-2-4-7-13/h2-10,12H,11H2,1H3,(H,20,21)/t12-/m1/s1. The first-order valence-corrected chi connectivity index (χ1v) is 7.64. The molecule has 2 heterocycles. The summed E-state index contributed by atoms with van der Waals surface area (Å²) in [6.45, 7) is 1.40. The fraction of sp³-hybridized carbons (Fsp3) is 0.167. The average molecular weight is 340 g/mol. The number of carbonyl (C=O) groups is 2. The van der Waals surface area contributed by atoms with E-state index in [-0.39, 0.29) is 18.3 Å². The molecule has 1 N–H and O–H groups in total. The van der Waals surface area contributed by atoms with Crippen molar-refractivity contribution < 1.29 is 23.2 Å². The molecular formula is C18H16N2O5. The van der Waals surface area contributed by atoms with Gasteiger partial charge in [-0.3, -0.25) is 4.79 Å². The molecule has 1 atom stereocenters. The van der Waals surface area contributed by atoms with Crippen molar-refractivity contribution in [3.63, 3.8) is 0 Å². The van der Waals surface area contributed by atoms with Gasteiger partial charge >= 0.3 is 5.97 Å². The molecule has 0 aliphatic carbocycles. The molecule has 3 rings (SSSR count). The van der Waals surface area contributed by atoms with Crippen molar-refractivity contribution in [2.24, 2.45) is 0 Å². The number of aromatic nitrogens is 1. The maximum Gasteiger partial charge on any atom is 0.328 e. The molecule has 3 aromatic rings. The third-order valence-electron chi connectivity index (χ3n) is 3.40. The summed E-state index contributed by atoms with van der Waals surface area (Å²) in [5.74, 6) is -0.0984. The SMILES string of the molecule is C[C@@H](NC(=O)c1ccco1)C(=O)OCc1ncc(-c2ccccc2)o1. The fourth-order valence-corrected chi connectivity index (χ4v) is 2.11. The van der Waals surface area contributed by atoms with Crippen molar-refractivity contribution >= 4 is 11.9 Å². The Morgan fingerprint density at radius 1 is 1.20 bits per heavy atom. The minimum Gasteiger partial charge on any atom is -0.459 e. The summed E-state index contributed by atoms with van der Waals surface area (Å²) in [7, 11) is 0. The minimum absolute atomic E-state index is 0.118. The molecular weight excluding hydrogens is 324 g/mol. The van der Waals surface area contributed by atoms with Crippen LogP contribution in [0.1, 0.15) is 23.4 Å². The molecule has 0 spiro atoms. The number of nitrogens with one attached hydrogen (secondary N) is 1. The van der Waals surface area contributed by atoms with Crippen molar-refractivity contribution in [1.82, 2.24) is 10.3 Å². The number of oxazole rings is 1. The Bertz CT molecular complexity index is 840. The molecule has 128 valence electrons. The molecule has 0 bridgehead atoms. The summed E-state index contributed by atoms with van der Waals surface area (Å²) in [5.41, 5.74) is 0.881. The number of benzene rings is 1. The summed E-state index contributed by atoms with van der Waals surface area (Å²) < 4.78 is 15.6. The first kappa shape index (κ1) is 16.5. The van der Waals surface area contributed by atoms with Gasteiger partial charge < -0.3 is 18.9 Å². The maximum atomic E-state index is 12.0. The number of rotatable bonds is 6. The quantitative estimate of drug-likeness (QED) is 0.693. The molecule has 0 aliphatic heterocycles. The number of nitrogens with zero attached hydrogens (tertiary/aromatic N) is 1. The Balaban J connectivity index is 1.52. The van der Waals surface area contributed by atoms with Crippen molar-refractivity contribution in [1.29, 1.82) is 0 Å². The third-order valence-corrected chi connectivity index (χ3v) is 3.40. The second kappa shape index (κ2) is 7.48. The van der Waals surface area contributed by atoms with Gasteiger partial charge in [0.1, 0.15) is 6.04 Å². The monoisotopic (exact) mass is 340 g/mol. The van der Waals surface area contributed by atoms with Gasteiger partial charge in [-0.05, 0) is 19.1 Å². The second-order valence-electron chi connectivity index (χ2n) is 5.26. The normalized spacial score (nSPS) is 11.7. The van der Waals surface area contributed by atoms with Gasteiger partial charge in [-0.15, -0.1) is 0 Å². The molecule has 1 aromatic carbocycles. The zero-order valence-corrected chi connectivity index (χ0v) is 13.5.